The van der Waals surface area contributed by atoms with Crippen molar-refractivity contribution in [3.8, 4) is 11.4 Å². The van der Waals surface area contributed by atoms with Gasteiger partial charge >= 0.3 is 24.3 Å². The molecule has 0 fully saturated rings. The zero-order chi connectivity index (χ0) is 20.2. The maximum Gasteiger partial charge on any atom is 0.471 e. The minimum atomic E-state index is -4.77. The lowest BCUT2D eigenvalue weighted by Crippen LogP contribution is -2.42. The molecule has 0 saturated heterocycles. The van der Waals surface area contributed by atoms with Gasteiger partial charge in [-0.2, -0.15) is 36.4 Å². The van der Waals surface area contributed by atoms with Crippen molar-refractivity contribution in [3.05, 3.63) is 35.7 Å². The number of hydrogen-bond acceptors (Lipinski definition) is 5. The quantitative estimate of drug-likeness (QED) is 0.617. The molecule has 0 aliphatic carbocycles. The highest BCUT2D eigenvalue weighted by Gasteiger charge is 2.38. The zero-order valence-electron chi connectivity index (χ0n) is 13.6. The van der Waals surface area contributed by atoms with E-state index < -0.39 is 30.8 Å². The highest BCUT2D eigenvalue weighted by Crippen LogP contribution is 2.29. The van der Waals surface area contributed by atoms with Gasteiger partial charge in [-0.3, -0.25) is 4.84 Å². The lowest BCUT2D eigenvalue weighted by atomic mass is 10.1. The molecule has 0 aliphatic heterocycles. The highest BCUT2D eigenvalue weighted by molar-refractivity contribution is 5.73. The summed E-state index contributed by atoms with van der Waals surface area (Å²) >= 11 is 0. The Morgan fingerprint density at radius 2 is 1.81 bits per heavy atom. The highest BCUT2D eigenvalue weighted by atomic mass is 19.4. The number of rotatable bonds is 5. The Morgan fingerprint density at radius 3 is 2.30 bits per heavy atom. The fourth-order valence-electron chi connectivity index (χ4n) is 1.86. The van der Waals surface area contributed by atoms with Crippen LogP contribution < -0.4 is 5.32 Å². The van der Waals surface area contributed by atoms with E-state index in [9.17, 15) is 31.1 Å². The number of amides is 2. The van der Waals surface area contributed by atoms with Gasteiger partial charge in [-0.05, 0) is 5.56 Å². The number of carbonyl (C=O) groups excluding carboxylic acids is 1. The van der Waals surface area contributed by atoms with Gasteiger partial charge in [-0.1, -0.05) is 29.4 Å². The van der Waals surface area contributed by atoms with Crippen LogP contribution in [0.2, 0.25) is 0 Å². The predicted octanol–water partition coefficient (Wildman–Crippen LogP) is 3.39. The molecule has 2 rings (SSSR count). The molecule has 148 valence electrons. The maximum atomic E-state index is 12.5. The molecule has 2 aromatic rings. The Morgan fingerprint density at radius 1 is 1.19 bits per heavy atom. The van der Waals surface area contributed by atoms with Gasteiger partial charge in [0, 0.05) is 5.56 Å². The Labute approximate surface area is 147 Å². The van der Waals surface area contributed by atoms with Crippen LogP contribution in [0.5, 0.6) is 0 Å². The number of hydroxylamine groups is 2. The van der Waals surface area contributed by atoms with Gasteiger partial charge in [0.05, 0.1) is 13.7 Å². The number of carbonyl (C=O) groups is 1. The molecule has 1 aromatic heterocycles. The molecule has 1 N–H and O–H groups in total. The molecule has 0 radical (unpaired) electrons. The number of hydrogen-bond donors (Lipinski definition) is 1. The first-order chi connectivity index (χ1) is 12.5. The SMILES string of the molecule is CON(Cc1ccc(-c2noc(C(F)(F)F)n2)cc1)C(=O)NCC(F)(F)F. The Balaban J connectivity index is 2.03. The number of urea groups is 1. The van der Waals surface area contributed by atoms with Crippen LogP contribution >= 0.6 is 0 Å². The average Bonchev–Trinajstić information content (AvgIpc) is 3.08. The number of nitrogens with zero attached hydrogens (tertiary/aromatic N) is 3. The molecule has 27 heavy (non-hydrogen) atoms. The smallest absolute Gasteiger partial charge is 0.329 e. The second kappa shape index (κ2) is 7.82. The van der Waals surface area contributed by atoms with E-state index in [1.54, 1.807) is 5.32 Å². The largest absolute Gasteiger partial charge is 0.471 e. The van der Waals surface area contributed by atoms with Gasteiger partial charge in [0.1, 0.15) is 6.54 Å². The lowest BCUT2D eigenvalue weighted by molar-refractivity contribution is -0.159. The van der Waals surface area contributed by atoms with Crippen LogP contribution in [0.4, 0.5) is 31.1 Å². The first kappa shape index (κ1) is 20.5. The van der Waals surface area contributed by atoms with Gasteiger partial charge in [-0.25, -0.2) is 4.79 Å². The number of nitrogens with one attached hydrogen (secondary N) is 1. The summed E-state index contributed by atoms with van der Waals surface area (Å²) in [5.74, 6) is -1.78. The summed E-state index contributed by atoms with van der Waals surface area (Å²) < 4.78 is 77.9. The molecule has 13 heteroatoms. The second-order valence-corrected chi connectivity index (χ2v) is 5.11. The number of benzene rings is 1. The van der Waals surface area contributed by atoms with Gasteiger partial charge in [-0.15, -0.1) is 0 Å². The summed E-state index contributed by atoms with van der Waals surface area (Å²) in [5, 5.41) is 5.52. The van der Waals surface area contributed by atoms with E-state index in [4.69, 9.17) is 4.84 Å². The van der Waals surface area contributed by atoms with Gasteiger partial charge in [0.25, 0.3) is 0 Å². The minimum Gasteiger partial charge on any atom is -0.329 e. The Kier molecular flexibility index (Phi) is 5.93. The van der Waals surface area contributed by atoms with Gasteiger partial charge < -0.3 is 9.84 Å². The van der Waals surface area contributed by atoms with Crippen LogP contribution in [-0.4, -0.2) is 41.1 Å². The van der Waals surface area contributed by atoms with Crippen LogP contribution in [0.25, 0.3) is 11.4 Å². The predicted molar refractivity (Wildman–Crippen MR) is 76.7 cm³/mol. The third kappa shape index (κ3) is 5.84. The second-order valence-electron chi connectivity index (χ2n) is 5.11. The summed E-state index contributed by atoms with van der Waals surface area (Å²) in [6.45, 7) is -1.73. The van der Waals surface area contributed by atoms with Gasteiger partial charge in [0.15, 0.2) is 0 Å². The molecule has 7 nitrogen and oxygen atoms in total. The summed E-state index contributed by atoms with van der Waals surface area (Å²) in [4.78, 5) is 19.6. The molecule has 2 amide bonds. The van der Waals surface area contributed by atoms with E-state index in [2.05, 4.69) is 14.7 Å². The normalized spacial score (nSPS) is 12.1. The van der Waals surface area contributed by atoms with Crippen molar-refractivity contribution in [2.45, 2.75) is 18.9 Å². The standard InChI is InChI=1S/C14H12F6N4O3/c1-26-24(12(25)21-7-13(15,16)17)6-8-2-4-9(5-3-8)10-22-11(27-23-10)14(18,19)20/h2-5H,6-7H2,1H3,(H,21,25). The van der Waals surface area contributed by atoms with Crippen molar-refractivity contribution in [3.63, 3.8) is 0 Å². The monoisotopic (exact) mass is 398 g/mol. The van der Waals surface area contributed by atoms with Crippen molar-refractivity contribution < 1.29 is 40.5 Å². The van der Waals surface area contributed by atoms with E-state index in [1.807, 2.05) is 0 Å². The molecule has 0 aliphatic rings. The molecular formula is C14H12F6N4O3. The molecule has 0 spiro atoms. The van der Waals surface area contributed by atoms with Crippen molar-refractivity contribution in [2.75, 3.05) is 13.7 Å². The van der Waals surface area contributed by atoms with Crippen LogP contribution in [0.1, 0.15) is 11.5 Å². The topological polar surface area (TPSA) is 80.5 Å². The van der Waals surface area contributed by atoms with E-state index in [-0.39, 0.29) is 17.9 Å². The fraction of sp³-hybridized carbons (Fsp3) is 0.357. The molecule has 1 heterocycles. The molecule has 1 aromatic carbocycles. The maximum absolute atomic E-state index is 12.5. The van der Waals surface area contributed by atoms with Crippen molar-refractivity contribution in [1.29, 1.82) is 0 Å². The lowest BCUT2D eigenvalue weighted by Gasteiger charge is -2.20. The summed E-state index contributed by atoms with van der Waals surface area (Å²) in [7, 11) is 1.10. The molecule has 0 unspecified atom stereocenters. The molecule has 0 atom stereocenters. The first-order valence-electron chi connectivity index (χ1n) is 7.16. The Bertz CT molecular complexity index is 772. The molecule has 0 bridgehead atoms. The van der Waals surface area contributed by atoms with Crippen molar-refractivity contribution in [1.82, 2.24) is 20.5 Å². The third-order valence-electron chi connectivity index (χ3n) is 3.09. The van der Waals surface area contributed by atoms with E-state index in [0.29, 0.717) is 10.6 Å². The number of aromatic nitrogens is 2. The first-order valence-corrected chi connectivity index (χ1v) is 7.16. The van der Waals surface area contributed by atoms with E-state index in [0.717, 1.165) is 7.11 Å². The van der Waals surface area contributed by atoms with E-state index in [1.165, 1.54) is 24.3 Å². The number of alkyl halides is 6. The van der Waals surface area contributed by atoms with Crippen LogP contribution in [-0.2, 0) is 17.6 Å². The van der Waals surface area contributed by atoms with Gasteiger partial charge in [0.2, 0.25) is 5.82 Å². The van der Waals surface area contributed by atoms with Crippen LogP contribution in [0.15, 0.2) is 28.8 Å². The number of halogens is 6. The van der Waals surface area contributed by atoms with Crippen molar-refractivity contribution >= 4 is 6.03 Å². The van der Waals surface area contributed by atoms with Crippen molar-refractivity contribution in [2.24, 2.45) is 0 Å². The minimum absolute atomic E-state index is 0.208. The molecule has 0 saturated carbocycles. The van der Waals surface area contributed by atoms with Crippen LogP contribution in [0.3, 0.4) is 0 Å². The average molecular weight is 398 g/mol. The summed E-state index contributed by atoms with van der Waals surface area (Å²) in [5.41, 5.74) is 0.644. The van der Waals surface area contributed by atoms with Crippen LogP contribution in [0, 0.1) is 0 Å². The third-order valence-corrected chi connectivity index (χ3v) is 3.09. The summed E-state index contributed by atoms with van der Waals surface area (Å²) in [6.07, 6.45) is -9.34. The molecular weight excluding hydrogens is 386 g/mol. The Hall–Kier alpha value is -2.83. The van der Waals surface area contributed by atoms with E-state index >= 15 is 0 Å². The zero-order valence-corrected chi connectivity index (χ0v) is 13.6. The fourth-order valence-corrected chi connectivity index (χ4v) is 1.86. The summed E-state index contributed by atoms with van der Waals surface area (Å²) in [6, 6.07) is 4.46.